The number of fused-ring (bicyclic) bond motifs is 3. The molecule has 3 aromatic rings. The van der Waals surface area contributed by atoms with Crippen LogP contribution in [0.25, 0.3) is 0 Å². The molecule has 0 bridgehead atoms. The van der Waals surface area contributed by atoms with E-state index in [9.17, 15) is 49.5 Å². The van der Waals surface area contributed by atoms with Crippen molar-refractivity contribution in [2.45, 2.75) is 75.5 Å². The number of aliphatic hydroxyl groups is 3. The van der Waals surface area contributed by atoms with Crippen LogP contribution in [0.4, 0.5) is 15.3 Å². The average molecular weight is 791 g/mol. The number of carbonyl (C=O) groups excluding carboxylic acids is 5. The maximum atomic E-state index is 13.9. The number of phenolic OH excluding ortho intramolecular Hbond substituents is 2. The van der Waals surface area contributed by atoms with Gasteiger partial charge in [0.05, 0.1) is 42.0 Å². The van der Waals surface area contributed by atoms with Crippen LogP contribution in [0, 0.1) is 0 Å². The summed E-state index contributed by atoms with van der Waals surface area (Å²) >= 11 is 0. The number of hydrogen-bond acceptors (Lipinski definition) is 15. The number of methoxy groups -OCH3 is 1. The third-order valence-electron chi connectivity index (χ3n) is 10.3. The third-order valence-corrected chi connectivity index (χ3v) is 10.3. The first-order valence-corrected chi connectivity index (χ1v) is 18.0. The first kappa shape index (κ1) is 40.8. The number of hydrogen-bond donors (Lipinski definition) is 7. The summed E-state index contributed by atoms with van der Waals surface area (Å²) in [7, 11) is 1.30. The molecule has 0 aromatic heterocycles. The van der Waals surface area contributed by atoms with Gasteiger partial charge in [-0.15, -0.1) is 0 Å². The van der Waals surface area contributed by atoms with Gasteiger partial charge >= 0.3 is 12.2 Å². The second-order valence-electron chi connectivity index (χ2n) is 13.9. The normalized spacial score (nSPS) is 24.2. The second-order valence-corrected chi connectivity index (χ2v) is 13.9. The van der Waals surface area contributed by atoms with Gasteiger partial charge < -0.3 is 54.5 Å². The number of Topliss-reactive ketones (excluding diaryl/α,β-unsaturated/α-hetero) is 1. The van der Waals surface area contributed by atoms with E-state index < -0.39 is 114 Å². The molecule has 3 aromatic carbocycles. The summed E-state index contributed by atoms with van der Waals surface area (Å²) in [6, 6.07) is 9.68. The highest BCUT2D eigenvalue weighted by atomic mass is 16.7. The smallest absolute Gasteiger partial charge is 0.411 e. The molecule has 17 heteroatoms. The van der Waals surface area contributed by atoms with Crippen molar-refractivity contribution in [1.82, 2.24) is 5.32 Å². The lowest BCUT2D eigenvalue weighted by molar-refractivity contribution is -0.249. The predicted octanol–water partition coefficient (Wildman–Crippen LogP) is 3.26. The maximum absolute atomic E-state index is 13.9. The number of phenols is 2. The first-order chi connectivity index (χ1) is 27.1. The summed E-state index contributed by atoms with van der Waals surface area (Å²) in [5.41, 5.74) is -3.17. The molecule has 0 radical (unpaired) electrons. The fourth-order valence-electron chi connectivity index (χ4n) is 7.40. The molecule has 17 nitrogen and oxygen atoms in total. The quantitative estimate of drug-likeness (QED) is 0.0850. The van der Waals surface area contributed by atoms with Crippen molar-refractivity contribution in [3.8, 4) is 17.2 Å². The number of amides is 2. The lowest BCUT2D eigenvalue weighted by Gasteiger charge is -2.42. The van der Waals surface area contributed by atoms with Crippen LogP contribution in [0.5, 0.6) is 17.2 Å². The van der Waals surface area contributed by atoms with Crippen molar-refractivity contribution in [3.05, 3.63) is 94.1 Å². The Kier molecular flexibility index (Phi) is 11.7. The van der Waals surface area contributed by atoms with Crippen molar-refractivity contribution >= 4 is 35.2 Å². The standard InChI is InChI=1S/C40H42N2O15/c1-5-13-54-38(50)41-21-11-9-20(10-12-21)18(2)56-39(51)42-24-14-28(55-19(3)33(24)45)57-26-16-40(52,27(44)17-43)15-23-30(26)37(49)32-31(35(23)47)34(46)22-7-6-8-25(53-4)29(22)36(32)48/h5-12,18-19,24,26,28,33,43,45,47,49,52H,1,13-17H2,2-4H3,(H,41,50)(H,42,51)/t18?,19-,24-,26-,28-,33+,40-/m0/s1. The molecule has 7 N–H and O–H groups in total. The SMILES string of the molecule is C=CCOC(=O)Nc1ccc(C(C)OC(=O)N[C@H]2C[C@H](O[C@H]3C[C@](O)(C(=O)CO)Cc4c(O)c5c(c(O)c43)C(=O)c3c(OC)cccc3C5=O)O[C@@H](C)[C@H]2O)cc1. The molecule has 3 aliphatic rings. The zero-order valence-corrected chi connectivity index (χ0v) is 31.1. The largest absolute Gasteiger partial charge is 0.507 e. The van der Waals surface area contributed by atoms with Gasteiger partial charge in [-0.25, -0.2) is 9.59 Å². The molecular formula is C40H42N2O15. The molecular weight excluding hydrogens is 748 g/mol. The minimum atomic E-state index is -2.37. The topological polar surface area (TPSA) is 257 Å². The van der Waals surface area contributed by atoms with Crippen molar-refractivity contribution in [1.29, 1.82) is 0 Å². The van der Waals surface area contributed by atoms with E-state index in [4.69, 9.17) is 23.7 Å². The molecule has 1 heterocycles. The number of rotatable bonds is 11. The van der Waals surface area contributed by atoms with Crippen LogP contribution in [0.3, 0.4) is 0 Å². The molecule has 7 atom stereocenters. The van der Waals surface area contributed by atoms with Gasteiger partial charge in [0.2, 0.25) is 5.78 Å². The monoisotopic (exact) mass is 790 g/mol. The number of ether oxygens (including phenoxy) is 5. The number of alkyl carbamates (subject to hydrolysis) is 1. The Morgan fingerprint density at radius 1 is 1.04 bits per heavy atom. The van der Waals surface area contributed by atoms with E-state index >= 15 is 0 Å². The van der Waals surface area contributed by atoms with E-state index in [0.29, 0.717) is 11.3 Å². The van der Waals surface area contributed by atoms with Crippen LogP contribution in [0.2, 0.25) is 0 Å². The molecule has 0 saturated carbocycles. The molecule has 1 saturated heterocycles. The molecule has 302 valence electrons. The molecule has 1 aliphatic heterocycles. The second kappa shape index (κ2) is 16.3. The van der Waals surface area contributed by atoms with Crippen LogP contribution >= 0.6 is 0 Å². The van der Waals surface area contributed by atoms with Gasteiger partial charge in [-0.2, -0.15) is 0 Å². The van der Waals surface area contributed by atoms with Crippen LogP contribution < -0.4 is 15.4 Å². The lowest BCUT2D eigenvalue weighted by atomic mass is 9.72. The van der Waals surface area contributed by atoms with E-state index in [1.807, 2.05) is 0 Å². The Labute approximate surface area is 325 Å². The summed E-state index contributed by atoms with van der Waals surface area (Å²) in [5.74, 6) is -4.17. The number of aromatic hydroxyl groups is 2. The molecule has 0 spiro atoms. The van der Waals surface area contributed by atoms with Gasteiger partial charge in [0, 0.05) is 41.6 Å². The van der Waals surface area contributed by atoms with Gasteiger partial charge in [-0.05, 0) is 37.6 Å². The number of aliphatic hydroxyl groups excluding tert-OH is 2. The third kappa shape index (κ3) is 7.79. The van der Waals surface area contributed by atoms with Crippen molar-refractivity contribution in [2.24, 2.45) is 0 Å². The highest BCUT2D eigenvalue weighted by Crippen LogP contribution is 2.52. The summed E-state index contributed by atoms with van der Waals surface area (Å²) in [5, 5.41) is 60.8. The first-order valence-electron chi connectivity index (χ1n) is 18.0. The summed E-state index contributed by atoms with van der Waals surface area (Å²) in [6.07, 6.45) is -7.46. The van der Waals surface area contributed by atoms with Gasteiger partial charge in [-0.1, -0.05) is 36.9 Å². The highest BCUT2D eigenvalue weighted by molar-refractivity contribution is 6.31. The lowest BCUT2D eigenvalue weighted by Crippen LogP contribution is -2.56. The molecule has 1 fully saturated rings. The van der Waals surface area contributed by atoms with E-state index in [1.165, 1.54) is 38.3 Å². The Hall–Kier alpha value is -5.85. The number of nitrogens with one attached hydrogen (secondary N) is 2. The fourth-order valence-corrected chi connectivity index (χ4v) is 7.40. The Bertz CT molecular complexity index is 2120. The van der Waals surface area contributed by atoms with E-state index in [-0.39, 0.29) is 41.0 Å². The molecule has 57 heavy (non-hydrogen) atoms. The summed E-state index contributed by atoms with van der Waals surface area (Å²) in [6.45, 7) is 5.53. The van der Waals surface area contributed by atoms with Crippen LogP contribution in [-0.4, -0.2) is 106 Å². The van der Waals surface area contributed by atoms with Gasteiger partial charge in [0.25, 0.3) is 0 Å². The Balaban J connectivity index is 1.24. The van der Waals surface area contributed by atoms with Crippen LogP contribution in [0.1, 0.15) is 87.4 Å². The number of ketones is 3. The highest BCUT2D eigenvalue weighted by Gasteiger charge is 2.50. The van der Waals surface area contributed by atoms with Gasteiger partial charge in [0.1, 0.15) is 48.3 Å². The predicted molar refractivity (Wildman–Crippen MR) is 197 cm³/mol. The van der Waals surface area contributed by atoms with Crippen LogP contribution in [-0.2, 0) is 30.2 Å². The maximum Gasteiger partial charge on any atom is 0.411 e. The Morgan fingerprint density at radius 3 is 2.40 bits per heavy atom. The van der Waals surface area contributed by atoms with Crippen molar-refractivity contribution in [3.63, 3.8) is 0 Å². The van der Waals surface area contributed by atoms with Crippen molar-refractivity contribution in [2.75, 3.05) is 25.6 Å². The van der Waals surface area contributed by atoms with Crippen LogP contribution in [0.15, 0.2) is 55.1 Å². The fraction of sp³-hybridized carbons (Fsp3) is 0.375. The summed E-state index contributed by atoms with van der Waals surface area (Å²) in [4.78, 5) is 65.5. The van der Waals surface area contributed by atoms with Gasteiger partial charge in [-0.3, -0.25) is 19.7 Å². The number of carbonyl (C=O) groups is 5. The molecule has 6 rings (SSSR count). The van der Waals surface area contributed by atoms with E-state index in [1.54, 1.807) is 31.2 Å². The number of anilines is 1. The molecule has 2 amide bonds. The van der Waals surface area contributed by atoms with Gasteiger partial charge in [0.15, 0.2) is 17.9 Å². The summed E-state index contributed by atoms with van der Waals surface area (Å²) < 4.78 is 27.9. The average Bonchev–Trinajstić information content (AvgIpc) is 3.18. The minimum absolute atomic E-state index is 0.0359. The molecule has 1 unspecified atom stereocenters. The number of benzene rings is 3. The minimum Gasteiger partial charge on any atom is -0.507 e. The molecule has 2 aliphatic carbocycles. The zero-order chi connectivity index (χ0) is 41.3. The van der Waals surface area contributed by atoms with Crippen molar-refractivity contribution < 1.29 is 73.2 Å². The van der Waals surface area contributed by atoms with E-state index in [0.717, 1.165) is 0 Å². The zero-order valence-electron chi connectivity index (χ0n) is 31.1. The van der Waals surface area contributed by atoms with E-state index in [2.05, 4.69) is 17.2 Å². The Morgan fingerprint density at radius 2 is 1.74 bits per heavy atom.